The maximum Gasteiger partial charge on any atom is 0.305 e. The maximum absolute atomic E-state index is 11.9. The SMILES string of the molecule is COCCSCC(=O)N1CCC(OCCC(=O)O)CC1. The first kappa shape index (κ1) is 17.3. The second-order valence-electron chi connectivity index (χ2n) is 4.64. The van der Waals surface area contributed by atoms with Gasteiger partial charge in [0.25, 0.3) is 0 Å². The van der Waals surface area contributed by atoms with Crippen molar-refractivity contribution in [2.75, 3.05) is 44.9 Å². The molecule has 1 aliphatic heterocycles. The maximum atomic E-state index is 11.9. The molecule has 0 aliphatic carbocycles. The first-order chi connectivity index (χ1) is 9.63. The number of likely N-dealkylation sites (tertiary alicyclic amines) is 1. The Balaban J connectivity index is 2.11. The van der Waals surface area contributed by atoms with Crippen molar-refractivity contribution in [2.45, 2.75) is 25.4 Å². The van der Waals surface area contributed by atoms with Crippen molar-refractivity contribution in [3.8, 4) is 0 Å². The van der Waals surface area contributed by atoms with E-state index in [1.54, 1.807) is 18.9 Å². The van der Waals surface area contributed by atoms with Gasteiger partial charge in [0, 0.05) is 26.0 Å². The molecule has 116 valence electrons. The van der Waals surface area contributed by atoms with E-state index in [9.17, 15) is 9.59 Å². The van der Waals surface area contributed by atoms with Crippen molar-refractivity contribution in [3.05, 3.63) is 0 Å². The van der Waals surface area contributed by atoms with Crippen molar-refractivity contribution in [2.24, 2.45) is 0 Å². The van der Waals surface area contributed by atoms with Gasteiger partial charge in [0.2, 0.25) is 5.91 Å². The van der Waals surface area contributed by atoms with Crippen LogP contribution in [-0.2, 0) is 19.1 Å². The molecule has 20 heavy (non-hydrogen) atoms. The number of methoxy groups -OCH3 is 1. The molecule has 0 saturated carbocycles. The van der Waals surface area contributed by atoms with Crippen molar-refractivity contribution >= 4 is 23.6 Å². The molecule has 0 radical (unpaired) electrons. The molecule has 0 spiro atoms. The summed E-state index contributed by atoms with van der Waals surface area (Å²) in [6.07, 6.45) is 1.69. The van der Waals surface area contributed by atoms with Gasteiger partial charge in [0.05, 0.1) is 31.5 Å². The number of nitrogens with zero attached hydrogens (tertiary/aromatic N) is 1. The van der Waals surface area contributed by atoms with Crippen LogP contribution in [0, 0.1) is 0 Å². The highest BCUT2D eigenvalue weighted by molar-refractivity contribution is 7.99. The molecule has 1 fully saturated rings. The zero-order valence-corrected chi connectivity index (χ0v) is 12.7. The second kappa shape index (κ2) is 10.0. The minimum atomic E-state index is -0.842. The van der Waals surface area contributed by atoms with E-state index in [1.807, 2.05) is 4.90 Å². The molecule has 1 amide bonds. The highest BCUT2D eigenvalue weighted by Crippen LogP contribution is 2.15. The second-order valence-corrected chi connectivity index (χ2v) is 5.75. The van der Waals surface area contributed by atoms with Crippen LogP contribution in [0.15, 0.2) is 0 Å². The van der Waals surface area contributed by atoms with E-state index >= 15 is 0 Å². The van der Waals surface area contributed by atoms with Crippen molar-refractivity contribution < 1.29 is 24.2 Å². The number of ether oxygens (including phenoxy) is 2. The quantitative estimate of drug-likeness (QED) is 0.636. The number of hydrogen-bond acceptors (Lipinski definition) is 5. The van der Waals surface area contributed by atoms with Crippen LogP contribution in [0.1, 0.15) is 19.3 Å². The van der Waals surface area contributed by atoms with Gasteiger partial charge < -0.3 is 19.5 Å². The smallest absolute Gasteiger partial charge is 0.305 e. The fraction of sp³-hybridized carbons (Fsp3) is 0.846. The fourth-order valence-electron chi connectivity index (χ4n) is 1.98. The Morgan fingerprint density at radius 1 is 1.30 bits per heavy atom. The van der Waals surface area contributed by atoms with Crippen LogP contribution in [0.3, 0.4) is 0 Å². The average molecular weight is 305 g/mol. The third kappa shape index (κ3) is 7.12. The fourth-order valence-corrected chi connectivity index (χ4v) is 2.76. The summed E-state index contributed by atoms with van der Waals surface area (Å²) in [7, 11) is 1.65. The summed E-state index contributed by atoms with van der Waals surface area (Å²) in [5.41, 5.74) is 0. The lowest BCUT2D eigenvalue weighted by Gasteiger charge is -2.31. The van der Waals surface area contributed by atoms with E-state index in [0.29, 0.717) is 25.4 Å². The minimum Gasteiger partial charge on any atom is -0.481 e. The number of carboxylic acid groups (broad SMARTS) is 1. The monoisotopic (exact) mass is 305 g/mol. The van der Waals surface area contributed by atoms with Crippen LogP contribution in [0.4, 0.5) is 0 Å². The lowest BCUT2D eigenvalue weighted by molar-refractivity contribution is -0.139. The first-order valence-electron chi connectivity index (χ1n) is 6.81. The summed E-state index contributed by atoms with van der Waals surface area (Å²) in [4.78, 5) is 24.2. The number of carboxylic acids is 1. The van der Waals surface area contributed by atoms with Crippen molar-refractivity contribution in [1.82, 2.24) is 4.90 Å². The molecule has 0 unspecified atom stereocenters. The van der Waals surface area contributed by atoms with Crippen molar-refractivity contribution in [3.63, 3.8) is 0 Å². The zero-order chi connectivity index (χ0) is 14.8. The lowest BCUT2D eigenvalue weighted by atomic mass is 10.1. The first-order valence-corrected chi connectivity index (χ1v) is 7.96. The number of thioether (sulfide) groups is 1. The normalized spacial score (nSPS) is 16.4. The Hall–Kier alpha value is -0.790. The van der Waals surface area contributed by atoms with Gasteiger partial charge in [-0.2, -0.15) is 0 Å². The molecule has 0 aromatic carbocycles. The minimum absolute atomic E-state index is 0.0370. The van der Waals surface area contributed by atoms with Gasteiger partial charge in [-0.15, -0.1) is 11.8 Å². The van der Waals surface area contributed by atoms with E-state index in [-0.39, 0.29) is 25.0 Å². The predicted molar refractivity (Wildman–Crippen MR) is 77.0 cm³/mol. The van der Waals surface area contributed by atoms with E-state index in [4.69, 9.17) is 14.6 Å². The summed E-state index contributed by atoms with van der Waals surface area (Å²) >= 11 is 1.58. The van der Waals surface area contributed by atoms with Gasteiger partial charge in [-0.25, -0.2) is 0 Å². The number of aliphatic carboxylic acids is 1. The van der Waals surface area contributed by atoms with Gasteiger partial charge in [0.1, 0.15) is 0 Å². The molecule has 1 aliphatic rings. The molecular formula is C13H23NO5S. The van der Waals surface area contributed by atoms with Crippen molar-refractivity contribution in [1.29, 1.82) is 0 Å². The Kier molecular flexibility index (Phi) is 8.64. The van der Waals surface area contributed by atoms with Crippen LogP contribution in [0.2, 0.25) is 0 Å². The third-order valence-electron chi connectivity index (χ3n) is 3.12. The van der Waals surface area contributed by atoms with Crippen LogP contribution in [0.25, 0.3) is 0 Å². The number of piperidine rings is 1. The molecule has 7 heteroatoms. The third-order valence-corrected chi connectivity index (χ3v) is 4.03. The number of carbonyl (C=O) groups excluding carboxylic acids is 1. The largest absolute Gasteiger partial charge is 0.481 e. The molecule has 6 nitrogen and oxygen atoms in total. The molecule has 0 bridgehead atoms. The standard InChI is InChI=1S/C13H23NO5S/c1-18-8-9-20-10-12(15)14-5-2-11(3-6-14)19-7-4-13(16)17/h11H,2-10H2,1H3,(H,16,17). The highest BCUT2D eigenvalue weighted by atomic mass is 32.2. The Morgan fingerprint density at radius 3 is 2.60 bits per heavy atom. The van der Waals surface area contributed by atoms with Crippen LogP contribution >= 0.6 is 11.8 Å². The molecule has 1 saturated heterocycles. The van der Waals surface area contributed by atoms with Gasteiger partial charge in [0.15, 0.2) is 0 Å². The van der Waals surface area contributed by atoms with Gasteiger partial charge in [-0.1, -0.05) is 0 Å². The summed E-state index contributed by atoms with van der Waals surface area (Å²) in [5.74, 6) is 0.644. The van der Waals surface area contributed by atoms with E-state index < -0.39 is 5.97 Å². The molecule has 1 heterocycles. The van der Waals surface area contributed by atoms with Gasteiger partial charge >= 0.3 is 5.97 Å². The summed E-state index contributed by atoms with van der Waals surface area (Å²) in [5, 5.41) is 8.53. The number of rotatable bonds is 9. The van der Waals surface area contributed by atoms with E-state index in [0.717, 1.165) is 18.6 Å². The highest BCUT2D eigenvalue weighted by Gasteiger charge is 2.23. The lowest BCUT2D eigenvalue weighted by Crippen LogP contribution is -2.41. The number of carbonyl (C=O) groups is 2. The summed E-state index contributed by atoms with van der Waals surface area (Å²) in [6.45, 7) is 2.31. The van der Waals surface area contributed by atoms with Crippen LogP contribution < -0.4 is 0 Å². The zero-order valence-electron chi connectivity index (χ0n) is 11.9. The van der Waals surface area contributed by atoms with Gasteiger partial charge in [-0.05, 0) is 12.8 Å². The molecule has 0 atom stereocenters. The molecule has 0 aromatic heterocycles. The molecule has 1 N–H and O–H groups in total. The summed E-state index contributed by atoms with van der Waals surface area (Å²) < 4.78 is 10.4. The Bertz CT molecular complexity index is 305. The topological polar surface area (TPSA) is 76.1 Å². The number of amides is 1. The molecule has 1 rings (SSSR count). The van der Waals surface area contributed by atoms with Gasteiger partial charge in [-0.3, -0.25) is 9.59 Å². The van der Waals surface area contributed by atoms with Crippen LogP contribution in [-0.4, -0.2) is 72.9 Å². The number of hydrogen-bond donors (Lipinski definition) is 1. The van der Waals surface area contributed by atoms with E-state index in [2.05, 4.69) is 0 Å². The molecular weight excluding hydrogens is 282 g/mol. The summed E-state index contributed by atoms with van der Waals surface area (Å²) in [6, 6.07) is 0. The Morgan fingerprint density at radius 2 is 2.00 bits per heavy atom. The molecule has 0 aromatic rings. The predicted octanol–water partition coefficient (Wildman–Crippen LogP) is 0.848. The van der Waals surface area contributed by atoms with Crippen LogP contribution in [0.5, 0.6) is 0 Å². The average Bonchev–Trinajstić information content (AvgIpc) is 2.44. The Labute approximate surface area is 123 Å². The van der Waals surface area contributed by atoms with E-state index in [1.165, 1.54) is 0 Å².